The number of nitrogens with one attached hydrogen (secondary N) is 1. The standard InChI is InChI=1S/C12H23NO2/c1-10(12-5-3-8-15-12)13-11-4-2-7-14-9-6-11/h10-13H,2-9H2,1H3. The number of hydrogen-bond donors (Lipinski definition) is 1. The van der Waals surface area contributed by atoms with Crippen LogP contribution in [0.25, 0.3) is 0 Å². The first-order chi connectivity index (χ1) is 7.36. The van der Waals surface area contributed by atoms with Crippen LogP contribution in [0.1, 0.15) is 39.0 Å². The Morgan fingerprint density at radius 1 is 1.07 bits per heavy atom. The van der Waals surface area contributed by atoms with Gasteiger partial charge in [-0.25, -0.2) is 0 Å². The van der Waals surface area contributed by atoms with Gasteiger partial charge in [0.25, 0.3) is 0 Å². The molecule has 3 nitrogen and oxygen atoms in total. The molecular formula is C12H23NO2. The van der Waals surface area contributed by atoms with Crippen LogP contribution in [-0.2, 0) is 9.47 Å². The Bertz CT molecular complexity index is 172. The van der Waals surface area contributed by atoms with Crippen LogP contribution in [0.2, 0.25) is 0 Å². The summed E-state index contributed by atoms with van der Waals surface area (Å²) in [5, 5.41) is 3.70. The van der Waals surface area contributed by atoms with Gasteiger partial charge >= 0.3 is 0 Å². The zero-order chi connectivity index (χ0) is 10.5. The molecule has 0 saturated carbocycles. The minimum absolute atomic E-state index is 0.439. The smallest absolute Gasteiger partial charge is 0.0726 e. The molecule has 0 aromatic heterocycles. The maximum Gasteiger partial charge on any atom is 0.0726 e. The van der Waals surface area contributed by atoms with Crippen LogP contribution in [0.3, 0.4) is 0 Å². The SMILES string of the molecule is CC(NC1CCCOCC1)C1CCCO1. The van der Waals surface area contributed by atoms with E-state index in [4.69, 9.17) is 9.47 Å². The van der Waals surface area contributed by atoms with Gasteiger partial charge in [-0.3, -0.25) is 0 Å². The van der Waals surface area contributed by atoms with Crippen molar-refractivity contribution in [1.82, 2.24) is 5.32 Å². The van der Waals surface area contributed by atoms with Crippen LogP contribution >= 0.6 is 0 Å². The van der Waals surface area contributed by atoms with Crippen LogP contribution in [-0.4, -0.2) is 38.0 Å². The van der Waals surface area contributed by atoms with Gasteiger partial charge in [0.05, 0.1) is 6.10 Å². The minimum atomic E-state index is 0.439. The summed E-state index contributed by atoms with van der Waals surface area (Å²) in [6, 6.07) is 1.13. The lowest BCUT2D eigenvalue weighted by Crippen LogP contribution is -2.43. The quantitative estimate of drug-likeness (QED) is 0.774. The van der Waals surface area contributed by atoms with Gasteiger partial charge in [-0.05, 0) is 39.0 Å². The number of rotatable bonds is 3. The van der Waals surface area contributed by atoms with Crippen LogP contribution < -0.4 is 5.32 Å². The monoisotopic (exact) mass is 213 g/mol. The molecule has 3 heteroatoms. The summed E-state index contributed by atoms with van der Waals surface area (Å²) in [5.41, 5.74) is 0. The molecule has 88 valence electrons. The van der Waals surface area contributed by atoms with Crippen LogP contribution in [0.5, 0.6) is 0 Å². The second-order valence-corrected chi connectivity index (χ2v) is 4.75. The largest absolute Gasteiger partial charge is 0.381 e. The average molecular weight is 213 g/mol. The molecule has 0 aromatic rings. The second kappa shape index (κ2) is 5.83. The van der Waals surface area contributed by atoms with Crippen molar-refractivity contribution in [1.29, 1.82) is 0 Å². The topological polar surface area (TPSA) is 30.5 Å². The van der Waals surface area contributed by atoms with Gasteiger partial charge in [0.2, 0.25) is 0 Å². The summed E-state index contributed by atoms with van der Waals surface area (Å²) in [7, 11) is 0. The Labute approximate surface area is 92.5 Å². The molecule has 0 radical (unpaired) electrons. The van der Waals surface area contributed by atoms with E-state index in [-0.39, 0.29) is 0 Å². The third kappa shape index (κ3) is 3.44. The van der Waals surface area contributed by atoms with Crippen molar-refractivity contribution in [3.05, 3.63) is 0 Å². The van der Waals surface area contributed by atoms with E-state index >= 15 is 0 Å². The molecule has 2 saturated heterocycles. The molecule has 2 fully saturated rings. The van der Waals surface area contributed by atoms with Crippen molar-refractivity contribution < 1.29 is 9.47 Å². The van der Waals surface area contributed by atoms with Gasteiger partial charge in [0.15, 0.2) is 0 Å². The third-order valence-electron chi connectivity index (χ3n) is 3.47. The molecule has 2 aliphatic rings. The van der Waals surface area contributed by atoms with Crippen LogP contribution in [0.15, 0.2) is 0 Å². The molecule has 2 rings (SSSR count). The summed E-state index contributed by atoms with van der Waals surface area (Å²) >= 11 is 0. The summed E-state index contributed by atoms with van der Waals surface area (Å²) in [6.07, 6.45) is 6.47. The predicted octanol–water partition coefficient (Wildman–Crippen LogP) is 1.71. The van der Waals surface area contributed by atoms with E-state index in [1.807, 2.05) is 0 Å². The van der Waals surface area contributed by atoms with E-state index in [0.717, 1.165) is 26.2 Å². The van der Waals surface area contributed by atoms with Gasteiger partial charge in [-0.15, -0.1) is 0 Å². The zero-order valence-electron chi connectivity index (χ0n) is 9.71. The lowest BCUT2D eigenvalue weighted by molar-refractivity contribution is 0.0780. The maximum absolute atomic E-state index is 5.69. The van der Waals surface area contributed by atoms with Gasteiger partial charge in [0, 0.05) is 31.9 Å². The number of hydrogen-bond acceptors (Lipinski definition) is 3. The highest BCUT2D eigenvalue weighted by Crippen LogP contribution is 2.17. The fraction of sp³-hybridized carbons (Fsp3) is 1.00. The highest BCUT2D eigenvalue weighted by Gasteiger charge is 2.24. The summed E-state index contributed by atoms with van der Waals surface area (Å²) < 4.78 is 11.2. The van der Waals surface area contributed by atoms with Crippen LogP contribution in [0, 0.1) is 0 Å². The highest BCUT2D eigenvalue weighted by molar-refractivity contribution is 4.81. The van der Waals surface area contributed by atoms with Gasteiger partial charge in [-0.1, -0.05) is 0 Å². The fourth-order valence-corrected chi connectivity index (χ4v) is 2.55. The van der Waals surface area contributed by atoms with Gasteiger partial charge in [0.1, 0.15) is 0 Å². The molecule has 0 aliphatic carbocycles. The normalized spacial score (nSPS) is 35.0. The molecule has 1 N–H and O–H groups in total. The summed E-state index contributed by atoms with van der Waals surface area (Å²) in [5.74, 6) is 0. The first-order valence-electron chi connectivity index (χ1n) is 6.31. The molecule has 15 heavy (non-hydrogen) atoms. The molecule has 0 amide bonds. The molecule has 2 heterocycles. The molecule has 0 aromatic carbocycles. The summed E-state index contributed by atoms with van der Waals surface area (Å²) in [4.78, 5) is 0. The van der Waals surface area contributed by atoms with E-state index in [1.165, 1.54) is 25.7 Å². The minimum Gasteiger partial charge on any atom is -0.381 e. The molecule has 2 aliphatic heterocycles. The first kappa shape index (κ1) is 11.4. The third-order valence-corrected chi connectivity index (χ3v) is 3.47. The first-order valence-corrected chi connectivity index (χ1v) is 6.31. The lowest BCUT2D eigenvalue weighted by Gasteiger charge is -2.25. The van der Waals surface area contributed by atoms with Crippen molar-refractivity contribution in [2.24, 2.45) is 0 Å². The van der Waals surface area contributed by atoms with E-state index in [2.05, 4.69) is 12.2 Å². The molecule has 0 spiro atoms. The van der Waals surface area contributed by atoms with Crippen molar-refractivity contribution in [3.63, 3.8) is 0 Å². The maximum atomic E-state index is 5.69. The Morgan fingerprint density at radius 2 is 1.93 bits per heavy atom. The van der Waals surface area contributed by atoms with Crippen molar-refractivity contribution in [2.45, 2.75) is 57.2 Å². The molecule has 3 unspecified atom stereocenters. The Kier molecular flexibility index (Phi) is 4.42. The Balaban J connectivity index is 1.73. The zero-order valence-corrected chi connectivity index (χ0v) is 9.71. The molecule has 0 bridgehead atoms. The Morgan fingerprint density at radius 3 is 2.73 bits per heavy atom. The van der Waals surface area contributed by atoms with Crippen molar-refractivity contribution >= 4 is 0 Å². The highest BCUT2D eigenvalue weighted by atomic mass is 16.5. The van der Waals surface area contributed by atoms with E-state index < -0.39 is 0 Å². The number of ether oxygens (including phenoxy) is 2. The van der Waals surface area contributed by atoms with Crippen LogP contribution in [0.4, 0.5) is 0 Å². The van der Waals surface area contributed by atoms with Crippen molar-refractivity contribution in [2.75, 3.05) is 19.8 Å². The molecular weight excluding hydrogens is 190 g/mol. The summed E-state index contributed by atoms with van der Waals surface area (Å²) in [6.45, 7) is 5.05. The van der Waals surface area contributed by atoms with Gasteiger partial charge < -0.3 is 14.8 Å². The van der Waals surface area contributed by atoms with Gasteiger partial charge in [-0.2, -0.15) is 0 Å². The second-order valence-electron chi connectivity index (χ2n) is 4.75. The van der Waals surface area contributed by atoms with E-state index in [9.17, 15) is 0 Å². The lowest BCUT2D eigenvalue weighted by atomic mass is 10.0. The van der Waals surface area contributed by atoms with E-state index in [0.29, 0.717) is 18.2 Å². The van der Waals surface area contributed by atoms with Crippen molar-refractivity contribution in [3.8, 4) is 0 Å². The Hall–Kier alpha value is -0.120. The average Bonchev–Trinajstić information content (AvgIpc) is 2.65. The molecule has 3 atom stereocenters. The fourth-order valence-electron chi connectivity index (χ4n) is 2.55. The predicted molar refractivity (Wildman–Crippen MR) is 60.0 cm³/mol. The van der Waals surface area contributed by atoms with E-state index in [1.54, 1.807) is 0 Å².